The molecule has 0 aliphatic heterocycles. The van der Waals surface area contributed by atoms with E-state index in [0.717, 1.165) is 0 Å². The molecule has 0 fully saturated rings. The molecule has 0 spiro atoms. The Hall–Kier alpha value is -7.58. The molecule has 0 unspecified atom stereocenters. The number of carbonyl (C=O) groups is 13. The van der Waals surface area contributed by atoms with Crippen LogP contribution in [0.15, 0.2) is 12.5 Å². The molecule has 486 valence electrons. The summed E-state index contributed by atoms with van der Waals surface area (Å²) in [5.74, 6) is -19.3. The number of imidazole rings is 1. The Morgan fingerprint density at radius 3 is 1.07 bits per heavy atom. The molecule has 22 N–H and O–H groups in total. The van der Waals surface area contributed by atoms with Gasteiger partial charge in [-0.2, -0.15) is 0 Å². The lowest BCUT2D eigenvalue weighted by atomic mass is 9.99. The number of nitrogens with zero attached hydrogens (tertiary/aromatic N) is 1. The molecular weight excluding hydrogens is 1200 g/mol. The number of carbonyl (C=O) groups excluding carboxylic acids is 9. The van der Waals surface area contributed by atoms with E-state index in [2.05, 4.69) is 35.0 Å². The Bertz CT molecular complexity index is 2620. The first-order valence-electron chi connectivity index (χ1n) is 25.8. The van der Waals surface area contributed by atoms with Crippen molar-refractivity contribution in [1.82, 2.24) is 57.8 Å². The second-order valence-electron chi connectivity index (χ2n) is 19.8. The predicted molar refractivity (Wildman–Crippen MR) is 285 cm³/mol. The number of nitrogens with two attached hydrogens (primary N) is 1. The Labute approximate surface area is 488 Å². The predicted octanol–water partition coefficient (Wildman–Crippen LogP) is -7.38. The highest BCUT2D eigenvalue weighted by molar-refractivity contribution is 7.46. The molecule has 9 amide bonds. The number of H-pyrrole nitrogens is 1. The van der Waals surface area contributed by atoms with Crippen molar-refractivity contribution in [2.24, 2.45) is 17.6 Å². The number of carboxylic acids is 4. The number of phosphoric acid groups is 2. The first-order valence-corrected chi connectivity index (χ1v) is 28.9. The largest absolute Gasteiger partial charge is 0.481 e. The molecule has 1 heterocycles. The lowest BCUT2D eigenvalue weighted by Crippen LogP contribution is -2.62. The van der Waals surface area contributed by atoms with Crippen molar-refractivity contribution in [2.45, 2.75) is 146 Å². The maximum Gasteiger partial charge on any atom is 0.469 e. The third-order valence-electron chi connectivity index (χ3n) is 11.5. The summed E-state index contributed by atoms with van der Waals surface area (Å²) in [7, 11) is -11.3. The van der Waals surface area contributed by atoms with Crippen LogP contribution in [0.4, 0.5) is 0 Å². The normalized spacial score (nSPS) is 15.1. The number of amides is 9. The van der Waals surface area contributed by atoms with Gasteiger partial charge in [-0.1, -0.05) is 27.7 Å². The molecular formula is C45H74N12O27P2. The molecule has 0 aliphatic rings. The van der Waals surface area contributed by atoms with E-state index in [1.165, 1.54) is 12.5 Å². The van der Waals surface area contributed by atoms with Gasteiger partial charge in [0.15, 0.2) is 0 Å². The smallest absolute Gasteiger partial charge is 0.469 e. The summed E-state index contributed by atoms with van der Waals surface area (Å²) >= 11 is 0. The van der Waals surface area contributed by atoms with E-state index < -0.39 is 218 Å². The van der Waals surface area contributed by atoms with Crippen LogP contribution < -0.4 is 53.6 Å². The number of nitrogens with one attached hydrogen (secondary N) is 10. The van der Waals surface area contributed by atoms with Gasteiger partial charge in [0.1, 0.15) is 54.4 Å². The summed E-state index contributed by atoms with van der Waals surface area (Å²) in [5.41, 5.74) is 6.58. The number of phosphoric ester groups is 2. The Kier molecular flexibility index (Phi) is 33.0. The number of carboxylic acid groups (broad SMARTS) is 4. The van der Waals surface area contributed by atoms with E-state index in [4.69, 9.17) is 5.73 Å². The van der Waals surface area contributed by atoms with Gasteiger partial charge in [0.2, 0.25) is 53.2 Å². The summed E-state index contributed by atoms with van der Waals surface area (Å²) in [6.07, 6.45) is -2.70. The molecule has 0 saturated heterocycles. The lowest BCUT2D eigenvalue weighted by molar-refractivity contribution is -0.144. The Morgan fingerprint density at radius 2 is 0.767 bits per heavy atom. The van der Waals surface area contributed by atoms with Crippen molar-refractivity contribution in [1.29, 1.82) is 0 Å². The highest BCUT2D eigenvalue weighted by Gasteiger charge is 2.38. The van der Waals surface area contributed by atoms with Crippen LogP contribution in [0, 0.1) is 11.8 Å². The molecule has 10 atom stereocenters. The summed E-state index contributed by atoms with van der Waals surface area (Å²) in [6, 6.07) is -19.2. The fourth-order valence-corrected chi connectivity index (χ4v) is 7.97. The molecule has 41 heteroatoms. The SMILES string of the molecule is CC(C)C[C@H](NC(=O)[C@H](CC(C)C)NC(=O)[C@@H](N)Cc1cnc[nH]1)C(=O)N[C@@H](CO)C(=O)N[C@@H](CCC(=O)O)C(=O)N[C@@H](COP(=O)(O)O)C(=O)N[C@@H](COP(=O)(O)O)C(=O)N[C@@H](CCC(=O)O)C(=O)N[C@@H](CCC(=O)O)C(=O)N[C@@H](CO)C(=O)O. The van der Waals surface area contributed by atoms with E-state index >= 15 is 0 Å². The molecule has 0 aromatic carbocycles. The second-order valence-corrected chi connectivity index (χ2v) is 22.2. The van der Waals surface area contributed by atoms with Gasteiger partial charge < -0.3 is 109 Å². The fraction of sp³-hybridized carbons (Fsp3) is 0.644. The van der Waals surface area contributed by atoms with Crippen LogP contribution in [0.2, 0.25) is 0 Å². The average Bonchev–Trinajstić information content (AvgIpc) is 3.82. The van der Waals surface area contributed by atoms with Gasteiger partial charge in [-0.3, -0.25) is 66.6 Å². The fourth-order valence-electron chi connectivity index (χ4n) is 7.29. The third kappa shape index (κ3) is 31.0. The van der Waals surface area contributed by atoms with Crippen LogP contribution in [0.25, 0.3) is 0 Å². The molecule has 1 aromatic rings. The zero-order chi connectivity index (χ0) is 65.8. The molecule has 1 rings (SSSR count). The minimum atomic E-state index is -5.64. The van der Waals surface area contributed by atoms with Crippen LogP contribution >= 0.6 is 15.6 Å². The minimum Gasteiger partial charge on any atom is -0.481 e. The molecule has 0 aliphatic carbocycles. The van der Waals surface area contributed by atoms with E-state index in [1.807, 2.05) is 26.6 Å². The first kappa shape index (κ1) is 76.4. The van der Waals surface area contributed by atoms with E-state index in [9.17, 15) is 122 Å². The number of aromatic nitrogens is 2. The monoisotopic (exact) mass is 1280 g/mol. The molecule has 0 bridgehead atoms. The number of rotatable bonds is 42. The maximum absolute atomic E-state index is 13.9. The van der Waals surface area contributed by atoms with Crippen molar-refractivity contribution in [3.8, 4) is 0 Å². The van der Waals surface area contributed by atoms with Crippen LogP contribution in [0.1, 0.15) is 84.8 Å². The van der Waals surface area contributed by atoms with Crippen molar-refractivity contribution in [3.63, 3.8) is 0 Å². The van der Waals surface area contributed by atoms with Gasteiger partial charge in [0.25, 0.3) is 0 Å². The number of aliphatic hydroxyl groups is 2. The van der Waals surface area contributed by atoms with Gasteiger partial charge in [-0.25, -0.2) is 18.9 Å². The number of hydrogen-bond donors (Lipinski definition) is 21. The van der Waals surface area contributed by atoms with Crippen molar-refractivity contribution in [3.05, 3.63) is 18.2 Å². The van der Waals surface area contributed by atoms with Crippen LogP contribution in [-0.2, 0) is 86.9 Å². The van der Waals surface area contributed by atoms with Crippen LogP contribution in [0.5, 0.6) is 0 Å². The van der Waals surface area contributed by atoms with Crippen LogP contribution in [-0.4, -0.2) is 224 Å². The minimum absolute atomic E-state index is 0.0153. The third-order valence-corrected chi connectivity index (χ3v) is 12.5. The zero-order valence-corrected chi connectivity index (χ0v) is 48.4. The molecule has 39 nitrogen and oxygen atoms in total. The highest BCUT2D eigenvalue weighted by Crippen LogP contribution is 2.36. The van der Waals surface area contributed by atoms with Crippen molar-refractivity contribution < 1.29 is 131 Å². The van der Waals surface area contributed by atoms with Crippen LogP contribution in [0.3, 0.4) is 0 Å². The summed E-state index contributed by atoms with van der Waals surface area (Å²) in [5, 5.41) is 75.6. The second kappa shape index (κ2) is 37.1. The standard InChI is InChI=1S/C45H74N12O27P2/c1-20(2)11-27(52-36(66)23(46)13-22-14-47-19-48-22)40(70)53-28(12-21(3)4)41(71)54-29(15-58)42(72)50-26(7-10-35(64)65)39(69)56-32(18-84-86(80,81)82)44(74)57-31(17-83-85(77,78)79)43(73)51-24(5-8-33(60)61)37(67)49-25(6-9-34(62)63)38(68)55-30(16-59)45(75)76/h14,19-21,23-32,58-59H,5-13,15-18,46H2,1-4H3,(H,47,48)(H,49,67)(H,50,72)(H,51,73)(H,52,66)(H,53,70)(H,54,71)(H,55,68)(H,56,69)(H,57,74)(H,60,61)(H,62,63)(H,64,65)(H,75,76)(H2,77,78,79)(H2,80,81,82)/t23-,24-,25-,26-,27-,28-,29-,30-,31-,32-/m0/s1. The van der Waals surface area contributed by atoms with Crippen molar-refractivity contribution in [2.75, 3.05) is 26.4 Å². The van der Waals surface area contributed by atoms with Gasteiger partial charge in [-0.05, 0) is 43.9 Å². The average molecular weight is 1280 g/mol. The summed E-state index contributed by atoms with van der Waals surface area (Å²) < 4.78 is 32.3. The molecule has 86 heavy (non-hydrogen) atoms. The first-order chi connectivity index (χ1) is 39.9. The topological polar surface area (TPSA) is 640 Å². The van der Waals surface area contributed by atoms with E-state index in [-0.39, 0.29) is 31.1 Å². The van der Waals surface area contributed by atoms with E-state index in [1.54, 1.807) is 33.0 Å². The summed E-state index contributed by atoms with van der Waals surface area (Å²) in [4.78, 5) is 213. The molecule has 0 saturated carbocycles. The van der Waals surface area contributed by atoms with Gasteiger partial charge in [0.05, 0.1) is 38.8 Å². The Balaban J connectivity index is 3.63. The number of hydrogen-bond acceptors (Lipinski definition) is 21. The van der Waals surface area contributed by atoms with Gasteiger partial charge in [0, 0.05) is 37.6 Å². The zero-order valence-electron chi connectivity index (χ0n) is 46.6. The Morgan fingerprint density at radius 1 is 0.477 bits per heavy atom. The van der Waals surface area contributed by atoms with Gasteiger partial charge >= 0.3 is 39.5 Å². The molecule has 0 radical (unpaired) electrons. The van der Waals surface area contributed by atoms with E-state index in [0.29, 0.717) is 5.69 Å². The van der Waals surface area contributed by atoms with Gasteiger partial charge in [-0.15, -0.1) is 0 Å². The highest BCUT2D eigenvalue weighted by atomic mass is 31.2. The molecule has 1 aromatic heterocycles. The maximum atomic E-state index is 13.9. The summed E-state index contributed by atoms with van der Waals surface area (Å²) in [6.45, 7) is 1.16. The lowest BCUT2D eigenvalue weighted by Gasteiger charge is -2.28. The number of aromatic amines is 1. The van der Waals surface area contributed by atoms with Crippen molar-refractivity contribution >= 4 is 92.7 Å². The number of aliphatic hydroxyl groups excluding tert-OH is 2. The quantitative estimate of drug-likeness (QED) is 0.0270. The number of aliphatic carboxylic acids is 4.